The van der Waals surface area contributed by atoms with Crippen LogP contribution in [0.2, 0.25) is 0 Å². The Kier molecular flexibility index (Phi) is 5.09. The van der Waals surface area contributed by atoms with Crippen LogP contribution in [0.15, 0.2) is 70.5 Å². The van der Waals surface area contributed by atoms with Crippen LogP contribution in [0.25, 0.3) is 0 Å². The SMILES string of the molecule is O=C(Nc1ccc(NC(=O)C2CC2c2ccc(Br)cc2)cc1)c1cccs1. The number of nitrogens with one attached hydrogen (secondary N) is 2. The van der Waals surface area contributed by atoms with E-state index in [1.807, 2.05) is 23.6 Å². The van der Waals surface area contributed by atoms with E-state index in [0.29, 0.717) is 16.5 Å². The van der Waals surface area contributed by atoms with E-state index in [9.17, 15) is 9.59 Å². The van der Waals surface area contributed by atoms with E-state index < -0.39 is 0 Å². The fraction of sp³-hybridized carbons (Fsp3) is 0.143. The first-order valence-electron chi connectivity index (χ1n) is 8.61. The molecule has 3 aromatic rings. The fourth-order valence-electron chi connectivity index (χ4n) is 3.04. The van der Waals surface area contributed by atoms with Crippen LogP contribution in [0.5, 0.6) is 0 Å². The highest BCUT2D eigenvalue weighted by Gasteiger charge is 2.43. The van der Waals surface area contributed by atoms with Gasteiger partial charge in [-0.3, -0.25) is 9.59 Å². The smallest absolute Gasteiger partial charge is 0.265 e. The molecule has 6 heteroatoms. The predicted molar refractivity (Wildman–Crippen MR) is 112 cm³/mol. The highest BCUT2D eigenvalue weighted by atomic mass is 79.9. The molecule has 2 amide bonds. The first kappa shape index (κ1) is 17.9. The Labute approximate surface area is 169 Å². The predicted octanol–water partition coefficient (Wildman–Crippen LogP) is 5.51. The zero-order chi connectivity index (χ0) is 18.8. The molecule has 1 aliphatic carbocycles. The number of benzene rings is 2. The maximum Gasteiger partial charge on any atom is 0.265 e. The van der Waals surface area contributed by atoms with E-state index >= 15 is 0 Å². The number of halogens is 1. The molecule has 1 aromatic heterocycles. The topological polar surface area (TPSA) is 58.2 Å². The van der Waals surface area contributed by atoms with Gasteiger partial charge in [0.1, 0.15) is 0 Å². The molecule has 0 bridgehead atoms. The Morgan fingerprint density at radius 3 is 2.22 bits per heavy atom. The van der Waals surface area contributed by atoms with Crippen LogP contribution in [0.1, 0.15) is 27.6 Å². The van der Waals surface area contributed by atoms with E-state index in [0.717, 1.165) is 16.6 Å². The van der Waals surface area contributed by atoms with Gasteiger partial charge in [-0.25, -0.2) is 0 Å². The van der Waals surface area contributed by atoms with Crippen molar-refractivity contribution < 1.29 is 9.59 Å². The zero-order valence-corrected chi connectivity index (χ0v) is 16.7. The molecule has 0 saturated heterocycles. The number of carbonyl (C=O) groups excluding carboxylic acids is 2. The molecule has 1 saturated carbocycles. The standard InChI is InChI=1S/C21H17BrN2O2S/c22-14-5-3-13(4-6-14)17-12-18(17)20(25)23-15-7-9-16(10-8-15)24-21(26)19-2-1-11-27-19/h1-11,17-18H,12H2,(H,23,25)(H,24,26). The molecule has 4 rings (SSSR count). The van der Waals surface area contributed by atoms with Gasteiger partial charge in [-0.15, -0.1) is 11.3 Å². The quantitative estimate of drug-likeness (QED) is 0.549. The number of rotatable bonds is 5. The van der Waals surface area contributed by atoms with Crippen LogP contribution in [0.3, 0.4) is 0 Å². The van der Waals surface area contributed by atoms with Gasteiger partial charge in [0.25, 0.3) is 5.91 Å². The summed E-state index contributed by atoms with van der Waals surface area (Å²) in [7, 11) is 0. The minimum atomic E-state index is -0.128. The molecular formula is C21H17BrN2O2S. The second-order valence-electron chi connectivity index (χ2n) is 6.50. The second-order valence-corrected chi connectivity index (χ2v) is 8.36. The van der Waals surface area contributed by atoms with Gasteiger partial charge in [-0.05, 0) is 65.7 Å². The van der Waals surface area contributed by atoms with Crippen molar-refractivity contribution in [2.24, 2.45) is 5.92 Å². The molecule has 27 heavy (non-hydrogen) atoms. The maximum absolute atomic E-state index is 12.5. The first-order chi connectivity index (χ1) is 13.1. The fourth-order valence-corrected chi connectivity index (χ4v) is 3.92. The van der Waals surface area contributed by atoms with E-state index in [4.69, 9.17) is 0 Å². The third-order valence-corrected chi connectivity index (χ3v) is 5.98. The molecule has 2 unspecified atom stereocenters. The Hall–Kier alpha value is -2.44. The molecule has 0 spiro atoms. The van der Waals surface area contributed by atoms with Gasteiger partial charge in [0, 0.05) is 21.8 Å². The third kappa shape index (κ3) is 4.28. The number of hydrogen-bond acceptors (Lipinski definition) is 3. The van der Waals surface area contributed by atoms with Gasteiger partial charge in [-0.1, -0.05) is 34.1 Å². The van der Waals surface area contributed by atoms with E-state index in [2.05, 4.69) is 38.7 Å². The van der Waals surface area contributed by atoms with Crippen molar-refractivity contribution in [1.29, 1.82) is 0 Å². The average Bonchev–Trinajstić information content (AvgIpc) is 3.28. The van der Waals surface area contributed by atoms with Crippen molar-refractivity contribution in [3.05, 3.63) is 81.0 Å². The number of amides is 2. The van der Waals surface area contributed by atoms with Gasteiger partial charge in [0.05, 0.1) is 4.88 Å². The highest BCUT2D eigenvalue weighted by molar-refractivity contribution is 9.10. The Bertz CT molecular complexity index is 953. The lowest BCUT2D eigenvalue weighted by molar-refractivity contribution is -0.117. The first-order valence-corrected chi connectivity index (χ1v) is 10.3. The molecule has 1 heterocycles. The van der Waals surface area contributed by atoms with E-state index in [-0.39, 0.29) is 17.7 Å². The summed E-state index contributed by atoms with van der Waals surface area (Å²) in [5, 5.41) is 7.68. The third-order valence-electron chi connectivity index (χ3n) is 4.58. The second kappa shape index (κ2) is 7.66. The van der Waals surface area contributed by atoms with Gasteiger partial charge >= 0.3 is 0 Å². The van der Waals surface area contributed by atoms with Crippen molar-refractivity contribution in [3.63, 3.8) is 0 Å². The summed E-state index contributed by atoms with van der Waals surface area (Å²) < 4.78 is 1.04. The number of thiophene rings is 1. The molecule has 2 N–H and O–H groups in total. The molecule has 2 aromatic carbocycles. The van der Waals surface area contributed by atoms with Crippen LogP contribution < -0.4 is 10.6 Å². The Balaban J connectivity index is 1.33. The van der Waals surface area contributed by atoms with Crippen LogP contribution >= 0.6 is 27.3 Å². The molecule has 0 radical (unpaired) electrons. The lowest BCUT2D eigenvalue weighted by Crippen LogP contribution is -2.15. The molecule has 0 aliphatic heterocycles. The minimum absolute atomic E-state index is 0.0179. The Morgan fingerprint density at radius 1 is 0.926 bits per heavy atom. The van der Waals surface area contributed by atoms with Crippen LogP contribution in [0.4, 0.5) is 11.4 Å². The molecular weight excluding hydrogens is 424 g/mol. The highest BCUT2D eigenvalue weighted by Crippen LogP contribution is 2.48. The molecule has 4 nitrogen and oxygen atoms in total. The monoisotopic (exact) mass is 440 g/mol. The molecule has 136 valence electrons. The molecule has 1 fully saturated rings. The summed E-state index contributed by atoms with van der Waals surface area (Å²) in [5.74, 6) is 0.224. The van der Waals surface area contributed by atoms with E-state index in [1.165, 1.54) is 16.9 Å². The number of hydrogen-bond donors (Lipinski definition) is 2. The van der Waals surface area contributed by atoms with E-state index in [1.54, 1.807) is 30.3 Å². The minimum Gasteiger partial charge on any atom is -0.326 e. The largest absolute Gasteiger partial charge is 0.326 e. The summed E-state index contributed by atoms with van der Waals surface area (Å²) in [6.07, 6.45) is 0.877. The normalized spacial score (nSPS) is 18.0. The summed E-state index contributed by atoms with van der Waals surface area (Å²) in [5.41, 5.74) is 2.63. The van der Waals surface area contributed by atoms with Gasteiger partial charge in [0.15, 0.2) is 0 Å². The number of carbonyl (C=O) groups is 2. The summed E-state index contributed by atoms with van der Waals surface area (Å²) in [6.45, 7) is 0. The van der Waals surface area contributed by atoms with Crippen molar-refractivity contribution >= 4 is 50.5 Å². The lowest BCUT2D eigenvalue weighted by Gasteiger charge is -2.08. The summed E-state index contributed by atoms with van der Waals surface area (Å²) in [6, 6.07) is 19.0. The lowest BCUT2D eigenvalue weighted by atomic mass is 10.1. The van der Waals surface area contributed by atoms with Gasteiger partial charge in [-0.2, -0.15) is 0 Å². The summed E-state index contributed by atoms with van der Waals surface area (Å²) in [4.78, 5) is 25.2. The van der Waals surface area contributed by atoms with Crippen LogP contribution in [-0.4, -0.2) is 11.8 Å². The van der Waals surface area contributed by atoms with Crippen LogP contribution in [0, 0.1) is 5.92 Å². The summed E-state index contributed by atoms with van der Waals surface area (Å²) >= 11 is 4.83. The molecule has 1 aliphatic rings. The van der Waals surface area contributed by atoms with Gasteiger partial charge < -0.3 is 10.6 Å². The van der Waals surface area contributed by atoms with Gasteiger partial charge in [0.2, 0.25) is 5.91 Å². The van der Waals surface area contributed by atoms with Crippen molar-refractivity contribution in [3.8, 4) is 0 Å². The maximum atomic E-state index is 12.5. The zero-order valence-electron chi connectivity index (χ0n) is 14.3. The average molecular weight is 441 g/mol. The van der Waals surface area contributed by atoms with Crippen molar-refractivity contribution in [2.45, 2.75) is 12.3 Å². The van der Waals surface area contributed by atoms with Crippen molar-refractivity contribution in [2.75, 3.05) is 10.6 Å². The molecule has 2 atom stereocenters. The van der Waals surface area contributed by atoms with Crippen molar-refractivity contribution in [1.82, 2.24) is 0 Å². The van der Waals surface area contributed by atoms with Crippen LogP contribution in [-0.2, 0) is 4.79 Å². The number of anilines is 2. The Morgan fingerprint density at radius 2 is 1.59 bits per heavy atom.